The van der Waals surface area contributed by atoms with Gasteiger partial charge in [0, 0.05) is 0 Å². The Balaban J connectivity index is 1.96. The Bertz CT molecular complexity index is 887. The first-order valence-electron chi connectivity index (χ1n) is 9.16. The van der Waals surface area contributed by atoms with Crippen LogP contribution in [-0.2, 0) is 18.3 Å². The summed E-state index contributed by atoms with van der Waals surface area (Å²) in [4.78, 5) is 11.9. The van der Waals surface area contributed by atoms with Gasteiger partial charge in [-0.1, -0.05) is 50.3 Å². The Kier molecular flexibility index (Phi) is 3.79. The number of rotatable bonds is 2. The summed E-state index contributed by atoms with van der Waals surface area (Å²) in [5.74, 6) is -0.819. The first kappa shape index (κ1) is 16.1. The standard InChI is InChI=1S/C23H24O2/c1-23(2)14-17(13-16-8-4-6-10-20(16)23)21-18-9-5-3-7-15(18)11-12-19(21)22(24)25/h4,6,8,10-13H,3,5,7,9,14H2,1-2H3,(H,24,25). The number of benzene rings is 2. The van der Waals surface area contributed by atoms with E-state index in [0.717, 1.165) is 31.2 Å². The summed E-state index contributed by atoms with van der Waals surface area (Å²) in [6.07, 6.45) is 7.50. The zero-order chi connectivity index (χ0) is 17.6. The molecule has 0 radical (unpaired) electrons. The van der Waals surface area contributed by atoms with Gasteiger partial charge in [-0.15, -0.1) is 0 Å². The number of fused-ring (bicyclic) bond motifs is 2. The second-order valence-corrected chi connectivity index (χ2v) is 7.96. The van der Waals surface area contributed by atoms with Gasteiger partial charge in [0.15, 0.2) is 0 Å². The van der Waals surface area contributed by atoms with E-state index in [0.29, 0.717) is 5.56 Å². The Morgan fingerprint density at radius 1 is 1.04 bits per heavy atom. The van der Waals surface area contributed by atoms with E-state index in [-0.39, 0.29) is 5.41 Å². The van der Waals surface area contributed by atoms with Crippen LogP contribution in [0.5, 0.6) is 0 Å². The van der Waals surface area contributed by atoms with Crippen LogP contribution in [0.1, 0.15) is 71.3 Å². The summed E-state index contributed by atoms with van der Waals surface area (Å²) in [5, 5.41) is 9.80. The van der Waals surface area contributed by atoms with Crippen molar-refractivity contribution in [2.24, 2.45) is 0 Å². The predicted molar refractivity (Wildman–Crippen MR) is 102 cm³/mol. The van der Waals surface area contributed by atoms with E-state index in [1.807, 2.05) is 12.1 Å². The molecule has 0 bridgehead atoms. The molecule has 25 heavy (non-hydrogen) atoms. The van der Waals surface area contributed by atoms with E-state index in [4.69, 9.17) is 0 Å². The number of carboxylic acid groups (broad SMARTS) is 1. The Hall–Kier alpha value is -2.35. The van der Waals surface area contributed by atoms with Crippen molar-refractivity contribution in [3.63, 3.8) is 0 Å². The fourth-order valence-corrected chi connectivity index (χ4v) is 4.58. The van der Waals surface area contributed by atoms with E-state index in [1.54, 1.807) is 0 Å². The molecule has 2 heteroatoms. The fraction of sp³-hybridized carbons (Fsp3) is 0.348. The smallest absolute Gasteiger partial charge is 0.336 e. The largest absolute Gasteiger partial charge is 0.478 e. The SMILES string of the molecule is CC1(C)CC(c2c(C(=O)O)ccc3c2CCCC3)=Cc2ccccc21. The highest BCUT2D eigenvalue weighted by atomic mass is 16.4. The van der Waals surface area contributed by atoms with Gasteiger partial charge in [-0.25, -0.2) is 4.79 Å². The summed E-state index contributed by atoms with van der Waals surface area (Å²) in [6, 6.07) is 12.3. The topological polar surface area (TPSA) is 37.3 Å². The number of carbonyl (C=O) groups is 1. The summed E-state index contributed by atoms with van der Waals surface area (Å²) in [7, 11) is 0. The van der Waals surface area contributed by atoms with Gasteiger partial charge in [0.2, 0.25) is 0 Å². The Morgan fingerprint density at radius 3 is 2.60 bits per heavy atom. The number of aryl methyl sites for hydroxylation is 1. The number of allylic oxidation sites excluding steroid dienone is 1. The van der Waals surface area contributed by atoms with Gasteiger partial charge in [0.1, 0.15) is 0 Å². The lowest BCUT2D eigenvalue weighted by molar-refractivity contribution is 0.0696. The first-order valence-corrected chi connectivity index (χ1v) is 9.16. The average Bonchev–Trinajstić information content (AvgIpc) is 2.60. The van der Waals surface area contributed by atoms with E-state index in [9.17, 15) is 9.90 Å². The lowest BCUT2D eigenvalue weighted by Gasteiger charge is -2.34. The van der Waals surface area contributed by atoms with Crippen molar-refractivity contribution in [1.82, 2.24) is 0 Å². The van der Waals surface area contributed by atoms with E-state index in [2.05, 4.69) is 44.2 Å². The normalized spacial score (nSPS) is 18.1. The van der Waals surface area contributed by atoms with Crippen LogP contribution in [0.25, 0.3) is 11.6 Å². The molecule has 0 spiro atoms. The maximum atomic E-state index is 11.9. The molecule has 0 amide bonds. The highest BCUT2D eigenvalue weighted by Gasteiger charge is 2.31. The van der Waals surface area contributed by atoms with Crippen LogP contribution in [0.4, 0.5) is 0 Å². The average molecular weight is 332 g/mol. The molecule has 1 N–H and O–H groups in total. The first-order chi connectivity index (χ1) is 12.0. The quantitative estimate of drug-likeness (QED) is 0.790. The summed E-state index contributed by atoms with van der Waals surface area (Å²) in [6.45, 7) is 4.52. The van der Waals surface area contributed by atoms with Gasteiger partial charge in [0.05, 0.1) is 5.56 Å². The molecular formula is C23H24O2. The molecule has 0 aliphatic heterocycles. The number of hydrogen-bond donors (Lipinski definition) is 1. The van der Waals surface area contributed by atoms with Crippen LogP contribution in [0.2, 0.25) is 0 Å². The van der Waals surface area contributed by atoms with Crippen molar-refractivity contribution in [2.75, 3.05) is 0 Å². The summed E-state index contributed by atoms with van der Waals surface area (Å²) >= 11 is 0. The van der Waals surface area contributed by atoms with Gasteiger partial charge in [0.25, 0.3) is 0 Å². The summed E-state index contributed by atoms with van der Waals surface area (Å²) in [5.41, 5.74) is 7.82. The third-order valence-corrected chi connectivity index (χ3v) is 5.74. The molecular weight excluding hydrogens is 308 g/mol. The molecule has 2 aliphatic carbocycles. The molecule has 0 aromatic heterocycles. The van der Waals surface area contributed by atoms with E-state index >= 15 is 0 Å². The minimum absolute atomic E-state index is 0.00778. The number of aromatic carboxylic acids is 1. The molecule has 2 aromatic carbocycles. The fourth-order valence-electron chi connectivity index (χ4n) is 4.58. The summed E-state index contributed by atoms with van der Waals surface area (Å²) < 4.78 is 0. The van der Waals surface area contributed by atoms with Crippen molar-refractivity contribution in [2.45, 2.75) is 51.4 Å². The highest BCUT2D eigenvalue weighted by Crippen LogP contribution is 2.44. The Labute approximate surface area is 149 Å². The lowest BCUT2D eigenvalue weighted by atomic mass is 9.70. The maximum absolute atomic E-state index is 11.9. The lowest BCUT2D eigenvalue weighted by Crippen LogP contribution is -2.23. The molecule has 2 aliphatic rings. The number of hydrogen-bond acceptors (Lipinski definition) is 1. The van der Waals surface area contributed by atoms with Crippen molar-refractivity contribution in [3.05, 3.63) is 69.8 Å². The van der Waals surface area contributed by atoms with E-state index in [1.165, 1.54) is 34.2 Å². The van der Waals surface area contributed by atoms with Crippen molar-refractivity contribution >= 4 is 17.6 Å². The zero-order valence-corrected chi connectivity index (χ0v) is 14.9. The molecule has 2 nitrogen and oxygen atoms in total. The third kappa shape index (κ3) is 2.70. The molecule has 0 unspecified atom stereocenters. The van der Waals surface area contributed by atoms with E-state index < -0.39 is 5.97 Å². The molecule has 4 rings (SSSR count). The maximum Gasteiger partial charge on any atom is 0.336 e. The second kappa shape index (κ2) is 5.87. The van der Waals surface area contributed by atoms with Crippen molar-refractivity contribution in [1.29, 1.82) is 0 Å². The molecule has 0 saturated heterocycles. The van der Waals surface area contributed by atoms with Gasteiger partial charge in [-0.3, -0.25) is 0 Å². The molecule has 2 aromatic rings. The second-order valence-electron chi connectivity index (χ2n) is 7.96. The van der Waals surface area contributed by atoms with Crippen molar-refractivity contribution < 1.29 is 9.90 Å². The molecule has 0 atom stereocenters. The zero-order valence-electron chi connectivity index (χ0n) is 14.9. The predicted octanol–water partition coefficient (Wildman–Crippen LogP) is 5.49. The monoisotopic (exact) mass is 332 g/mol. The van der Waals surface area contributed by atoms with Gasteiger partial charge in [-0.05, 0) is 77.0 Å². The third-order valence-electron chi connectivity index (χ3n) is 5.74. The van der Waals surface area contributed by atoms with Crippen LogP contribution < -0.4 is 0 Å². The molecule has 128 valence electrons. The van der Waals surface area contributed by atoms with Gasteiger partial charge < -0.3 is 5.11 Å². The molecule has 0 saturated carbocycles. The Morgan fingerprint density at radius 2 is 1.80 bits per heavy atom. The van der Waals surface area contributed by atoms with Crippen molar-refractivity contribution in [3.8, 4) is 0 Å². The van der Waals surface area contributed by atoms with Gasteiger partial charge in [-0.2, -0.15) is 0 Å². The van der Waals surface area contributed by atoms with Crippen LogP contribution in [0, 0.1) is 0 Å². The van der Waals surface area contributed by atoms with Crippen LogP contribution in [-0.4, -0.2) is 11.1 Å². The molecule has 0 fully saturated rings. The highest BCUT2D eigenvalue weighted by molar-refractivity contribution is 5.99. The minimum atomic E-state index is -0.819. The van der Waals surface area contributed by atoms with Crippen LogP contribution >= 0.6 is 0 Å². The minimum Gasteiger partial charge on any atom is -0.478 e. The molecule has 0 heterocycles. The van der Waals surface area contributed by atoms with Crippen LogP contribution in [0.3, 0.4) is 0 Å². The van der Waals surface area contributed by atoms with Gasteiger partial charge >= 0.3 is 5.97 Å². The number of carboxylic acids is 1. The van der Waals surface area contributed by atoms with Crippen LogP contribution in [0.15, 0.2) is 36.4 Å².